The van der Waals surface area contributed by atoms with Gasteiger partial charge in [0.1, 0.15) is 0 Å². The van der Waals surface area contributed by atoms with E-state index in [1.54, 1.807) is 0 Å². The molecule has 1 aromatic rings. The topological polar surface area (TPSA) is 12.0 Å². The fourth-order valence-corrected chi connectivity index (χ4v) is 2.67. The molecule has 1 N–H and O–H groups in total. The van der Waals surface area contributed by atoms with Crippen LogP contribution in [0.15, 0.2) is 24.3 Å². The van der Waals surface area contributed by atoms with Gasteiger partial charge >= 0.3 is 0 Å². The summed E-state index contributed by atoms with van der Waals surface area (Å²) in [5, 5.41) is 3.65. The number of hydrogen-bond donors (Lipinski definition) is 1. The maximum Gasteiger partial charge on any atom is 0.00701 e. The first-order valence-electron chi connectivity index (χ1n) is 8.05. The summed E-state index contributed by atoms with van der Waals surface area (Å²) >= 11 is 0. The van der Waals surface area contributed by atoms with Crippen molar-refractivity contribution in [3.05, 3.63) is 35.4 Å². The molecule has 19 heavy (non-hydrogen) atoms. The van der Waals surface area contributed by atoms with E-state index in [2.05, 4.69) is 50.4 Å². The van der Waals surface area contributed by atoms with E-state index in [1.165, 1.54) is 56.1 Å². The van der Waals surface area contributed by atoms with Gasteiger partial charge in [0.2, 0.25) is 0 Å². The molecule has 0 aliphatic carbocycles. The molecule has 0 spiro atoms. The van der Waals surface area contributed by atoms with Gasteiger partial charge in [-0.2, -0.15) is 0 Å². The van der Waals surface area contributed by atoms with Gasteiger partial charge in [0.25, 0.3) is 0 Å². The average Bonchev–Trinajstić information content (AvgIpc) is 2.42. The van der Waals surface area contributed by atoms with Crippen molar-refractivity contribution in [2.45, 2.75) is 71.8 Å². The van der Waals surface area contributed by atoms with Crippen molar-refractivity contribution in [1.29, 1.82) is 0 Å². The highest BCUT2D eigenvalue weighted by Gasteiger charge is 2.08. The lowest BCUT2D eigenvalue weighted by molar-refractivity contribution is 0.441. The minimum atomic E-state index is 0.696. The van der Waals surface area contributed by atoms with Crippen molar-refractivity contribution in [2.75, 3.05) is 6.54 Å². The van der Waals surface area contributed by atoms with Crippen molar-refractivity contribution in [3.8, 4) is 0 Å². The molecule has 1 unspecified atom stereocenters. The van der Waals surface area contributed by atoms with Gasteiger partial charge in [-0.1, -0.05) is 63.8 Å². The highest BCUT2D eigenvalue weighted by Crippen LogP contribution is 2.14. The highest BCUT2D eigenvalue weighted by molar-refractivity contribution is 5.25. The van der Waals surface area contributed by atoms with E-state index >= 15 is 0 Å². The first kappa shape index (κ1) is 16.2. The molecule has 1 rings (SSSR count). The van der Waals surface area contributed by atoms with Gasteiger partial charge in [-0.25, -0.2) is 0 Å². The summed E-state index contributed by atoms with van der Waals surface area (Å²) in [6.07, 6.45) is 9.29. The summed E-state index contributed by atoms with van der Waals surface area (Å²) in [4.78, 5) is 0. The standard InChI is InChI=1S/C18H31N/c1-4-6-7-8-13-18(19-5-2)15-14-17-12-10-9-11-16(17)3/h9-12,18-19H,4-8,13-15H2,1-3H3. The average molecular weight is 261 g/mol. The SMILES string of the molecule is CCCCCCC(CCc1ccccc1C)NCC. The molecule has 1 heteroatoms. The van der Waals surface area contributed by atoms with Crippen molar-refractivity contribution in [2.24, 2.45) is 0 Å². The molecule has 0 radical (unpaired) electrons. The third kappa shape index (κ3) is 6.77. The first-order valence-corrected chi connectivity index (χ1v) is 8.05. The first-order chi connectivity index (χ1) is 9.27. The Hall–Kier alpha value is -0.820. The zero-order valence-corrected chi connectivity index (χ0v) is 13.0. The van der Waals surface area contributed by atoms with Gasteiger partial charge in [0, 0.05) is 6.04 Å². The van der Waals surface area contributed by atoms with Gasteiger partial charge in [-0.3, -0.25) is 0 Å². The zero-order chi connectivity index (χ0) is 13.9. The van der Waals surface area contributed by atoms with E-state index in [0.717, 1.165) is 6.54 Å². The molecular formula is C18H31N. The fourth-order valence-electron chi connectivity index (χ4n) is 2.67. The Morgan fingerprint density at radius 3 is 2.47 bits per heavy atom. The maximum atomic E-state index is 3.65. The second-order valence-electron chi connectivity index (χ2n) is 5.57. The largest absolute Gasteiger partial charge is 0.314 e. The van der Waals surface area contributed by atoms with Crippen LogP contribution in [0.2, 0.25) is 0 Å². The van der Waals surface area contributed by atoms with Crippen LogP contribution < -0.4 is 5.32 Å². The molecule has 0 aliphatic rings. The maximum absolute atomic E-state index is 3.65. The van der Waals surface area contributed by atoms with Crippen molar-refractivity contribution >= 4 is 0 Å². The number of unbranched alkanes of at least 4 members (excludes halogenated alkanes) is 3. The van der Waals surface area contributed by atoms with E-state index in [0.29, 0.717) is 6.04 Å². The normalized spacial score (nSPS) is 12.6. The van der Waals surface area contributed by atoms with Gasteiger partial charge < -0.3 is 5.32 Å². The lowest BCUT2D eigenvalue weighted by atomic mass is 9.98. The number of hydrogen-bond acceptors (Lipinski definition) is 1. The molecule has 0 saturated heterocycles. The number of rotatable bonds is 10. The Bertz CT molecular complexity index is 332. The van der Waals surface area contributed by atoms with Crippen molar-refractivity contribution in [3.63, 3.8) is 0 Å². The van der Waals surface area contributed by atoms with Gasteiger partial charge in [-0.05, 0) is 43.9 Å². The van der Waals surface area contributed by atoms with E-state index in [1.807, 2.05) is 0 Å². The molecule has 1 nitrogen and oxygen atoms in total. The van der Waals surface area contributed by atoms with Crippen LogP contribution in [0.4, 0.5) is 0 Å². The molecule has 0 heterocycles. The van der Waals surface area contributed by atoms with Crippen molar-refractivity contribution in [1.82, 2.24) is 5.32 Å². The Labute approximate surface area is 119 Å². The second kappa shape index (κ2) is 10.0. The van der Waals surface area contributed by atoms with Crippen LogP contribution in [0.25, 0.3) is 0 Å². The van der Waals surface area contributed by atoms with Crippen LogP contribution >= 0.6 is 0 Å². The number of aryl methyl sites for hydroxylation is 2. The van der Waals surface area contributed by atoms with Gasteiger partial charge in [-0.15, -0.1) is 0 Å². The molecule has 0 fully saturated rings. The van der Waals surface area contributed by atoms with Crippen LogP contribution in [0, 0.1) is 6.92 Å². The summed E-state index contributed by atoms with van der Waals surface area (Å²) < 4.78 is 0. The van der Waals surface area contributed by atoms with Crippen LogP contribution in [0.1, 0.15) is 63.5 Å². The lowest BCUT2D eigenvalue weighted by Crippen LogP contribution is -2.29. The lowest BCUT2D eigenvalue weighted by Gasteiger charge is -2.18. The molecule has 0 aliphatic heterocycles. The summed E-state index contributed by atoms with van der Waals surface area (Å²) in [6, 6.07) is 9.48. The minimum Gasteiger partial charge on any atom is -0.314 e. The molecule has 0 saturated carbocycles. The van der Waals surface area contributed by atoms with E-state index < -0.39 is 0 Å². The molecule has 0 amide bonds. The van der Waals surface area contributed by atoms with Crippen LogP contribution in [0.3, 0.4) is 0 Å². The Morgan fingerprint density at radius 1 is 1.00 bits per heavy atom. The summed E-state index contributed by atoms with van der Waals surface area (Å²) in [5.41, 5.74) is 2.95. The third-order valence-corrected chi connectivity index (χ3v) is 3.92. The van der Waals surface area contributed by atoms with E-state index in [9.17, 15) is 0 Å². The van der Waals surface area contributed by atoms with Crippen LogP contribution in [-0.2, 0) is 6.42 Å². The highest BCUT2D eigenvalue weighted by atomic mass is 14.9. The van der Waals surface area contributed by atoms with Crippen molar-refractivity contribution < 1.29 is 0 Å². The summed E-state index contributed by atoms with van der Waals surface area (Å²) in [6.45, 7) is 7.80. The summed E-state index contributed by atoms with van der Waals surface area (Å²) in [5.74, 6) is 0. The Morgan fingerprint density at radius 2 is 1.79 bits per heavy atom. The molecular weight excluding hydrogens is 230 g/mol. The Balaban J connectivity index is 2.34. The predicted molar refractivity (Wildman–Crippen MR) is 85.7 cm³/mol. The summed E-state index contributed by atoms with van der Waals surface area (Å²) in [7, 11) is 0. The molecule has 0 bridgehead atoms. The number of nitrogens with one attached hydrogen (secondary N) is 1. The van der Waals surface area contributed by atoms with E-state index in [4.69, 9.17) is 0 Å². The third-order valence-electron chi connectivity index (χ3n) is 3.92. The zero-order valence-electron chi connectivity index (χ0n) is 13.0. The van der Waals surface area contributed by atoms with E-state index in [-0.39, 0.29) is 0 Å². The molecule has 1 aromatic carbocycles. The molecule has 108 valence electrons. The monoisotopic (exact) mass is 261 g/mol. The van der Waals surface area contributed by atoms with Crippen LogP contribution in [-0.4, -0.2) is 12.6 Å². The molecule has 1 atom stereocenters. The fraction of sp³-hybridized carbons (Fsp3) is 0.667. The second-order valence-corrected chi connectivity index (χ2v) is 5.57. The quantitative estimate of drug-likeness (QED) is 0.592. The Kier molecular flexibility index (Phi) is 8.57. The smallest absolute Gasteiger partial charge is 0.00701 e. The van der Waals surface area contributed by atoms with Crippen LogP contribution in [0.5, 0.6) is 0 Å². The van der Waals surface area contributed by atoms with Gasteiger partial charge in [0.15, 0.2) is 0 Å². The molecule has 0 aromatic heterocycles. The minimum absolute atomic E-state index is 0.696. The predicted octanol–water partition coefficient (Wildman–Crippen LogP) is 4.88. The number of benzene rings is 1. The van der Waals surface area contributed by atoms with Gasteiger partial charge in [0.05, 0.1) is 0 Å².